The summed E-state index contributed by atoms with van der Waals surface area (Å²) in [7, 11) is 0. The Morgan fingerprint density at radius 2 is 2.09 bits per heavy atom. The van der Waals surface area contributed by atoms with Crippen LogP contribution >= 0.6 is 34.2 Å². The van der Waals surface area contributed by atoms with Crippen LogP contribution < -0.4 is 0 Å². The van der Waals surface area contributed by atoms with Gasteiger partial charge in [0.05, 0.1) is 4.90 Å². The molecule has 5 heteroatoms. The Hall–Kier alpha value is -0.690. The van der Waals surface area contributed by atoms with E-state index in [-0.39, 0.29) is 5.92 Å². The maximum atomic E-state index is 11.4. The summed E-state index contributed by atoms with van der Waals surface area (Å²) in [5.74, 6) is 0.152. The molecule has 0 radical (unpaired) electrons. The minimum Gasteiger partial charge on any atom is -0.302 e. The van der Waals surface area contributed by atoms with Crippen LogP contribution in [0.25, 0.3) is 0 Å². The van der Waals surface area contributed by atoms with E-state index in [4.69, 9.17) is 11.6 Å². The smallest absolute Gasteiger partial charge is 0.186 e. The SMILES string of the molecule is CC1=CCc2c(I)cc(Cl)cc2[C@H](c2cccc(S(=O)O)c2)C1. The van der Waals surface area contributed by atoms with E-state index in [1.807, 2.05) is 30.3 Å². The molecule has 23 heavy (non-hydrogen) atoms. The number of benzene rings is 2. The highest BCUT2D eigenvalue weighted by molar-refractivity contribution is 14.1. The third-order valence-corrected chi connectivity index (χ3v) is 6.05. The summed E-state index contributed by atoms with van der Waals surface area (Å²) in [5, 5.41) is 0.736. The molecule has 2 atom stereocenters. The second kappa shape index (κ2) is 7.05. The van der Waals surface area contributed by atoms with Gasteiger partial charge in [0, 0.05) is 14.5 Å². The molecule has 0 saturated heterocycles. The third-order valence-electron chi connectivity index (χ3n) is 4.21. The number of hydrogen-bond acceptors (Lipinski definition) is 1. The molecular weight excluding hydrogens is 443 g/mol. The molecule has 0 saturated carbocycles. The minimum absolute atomic E-state index is 0.152. The molecular formula is C18H16ClIO2S. The average Bonchev–Trinajstić information content (AvgIpc) is 2.67. The van der Waals surface area contributed by atoms with E-state index >= 15 is 0 Å². The second-order valence-electron chi connectivity index (χ2n) is 5.79. The molecule has 3 rings (SSSR count). The van der Waals surface area contributed by atoms with Gasteiger partial charge in [-0.15, -0.1) is 0 Å². The summed E-state index contributed by atoms with van der Waals surface area (Å²) in [6.07, 6.45) is 4.06. The van der Waals surface area contributed by atoms with Crippen molar-refractivity contribution in [3.05, 3.63) is 73.3 Å². The van der Waals surface area contributed by atoms with Crippen LogP contribution in [0.15, 0.2) is 52.9 Å². The Labute approximate surface area is 157 Å². The molecule has 1 unspecified atom stereocenters. The molecule has 1 aliphatic rings. The Morgan fingerprint density at radius 1 is 1.30 bits per heavy atom. The lowest BCUT2D eigenvalue weighted by molar-refractivity contribution is 0.564. The van der Waals surface area contributed by atoms with Crippen molar-refractivity contribution < 1.29 is 8.76 Å². The highest BCUT2D eigenvalue weighted by Gasteiger charge is 2.23. The molecule has 1 N–H and O–H groups in total. The van der Waals surface area contributed by atoms with Crippen LogP contribution in [-0.4, -0.2) is 8.76 Å². The van der Waals surface area contributed by atoms with Crippen molar-refractivity contribution in [3.8, 4) is 0 Å². The molecule has 0 spiro atoms. The quantitative estimate of drug-likeness (QED) is 0.364. The Kier molecular flexibility index (Phi) is 5.26. The highest BCUT2D eigenvalue weighted by atomic mass is 127. The zero-order valence-corrected chi connectivity index (χ0v) is 16.3. The van der Waals surface area contributed by atoms with Gasteiger partial charge in [-0.3, -0.25) is 0 Å². The van der Waals surface area contributed by atoms with Crippen molar-refractivity contribution >= 4 is 45.3 Å². The van der Waals surface area contributed by atoms with E-state index in [9.17, 15) is 8.76 Å². The molecule has 0 heterocycles. The summed E-state index contributed by atoms with van der Waals surface area (Å²) in [4.78, 5) is 0.437. The first-order valence-corrected chi connectivity index (χ1v) is 9.86. The summed E-state index contributed by atoms with van der Waals surface area (Å²) in [6, 6.07) is 11.4. The van der Waals surface area contributed by atoms with Gasteiger partial charge < -0.3 is 4.55 Å². The Bertz CT molecular complexity index is 817. The standard InChI is InChI=1S/C18H16ClIO2S/c1-11-5-6-15-17(9-13(19)10-18(15)20)16(7-11)12-3-2-4-14(8-12)23(21)22/h2-5,8-10,16H,6-7H2,1H3,(H,21,22)/t16-/m0/s1. The first-order chi connectivity index (χ1) is 11.0. The molecule has 120 valence electrons. The molecule has 0 aliphatic heterocycles. The fourth-order valence-corrected chi connectivity index (χ4v) is 4.79. The molecule has 0 bridgehead atoms. The summed E-state index contributed by atoms with van der Waals surface area (Å²) in [5.41, 5.74) is 4.90. The molecule has 2 nitrogen and oxygen atoms in total. The van der Waals surface area contributed by atoms with Crippen LogP contribution in [0.2, 0.25) is 5.02 Å². The molecule has 2 aromatic rings. The zero-order chi connectivity index (χ0) is 16.6. The van der Waals surface area contributed by atoms with E-state index < -0.39 is 11.1 Å². The van der Waals surface area contributed by atoms with E-state index in [2.05, 4.69) is 35.6 Å². The monoisotopic (exact) mass is 458 g/mol. The molecule has 0 aromatic heterocycles. The zero-order valence-electron chi connectivity index (χ0n) is 12.6. The third kappa shape index (κ3) is 3.71. The maximum absolute atomic E-state index is 11.4. The molecule has 2 aromatic carbocycles. The van der Waals surface area contributed by atoms with Gasteiger partial charge in [0.1, 0.15) is 0 Å². The minimum atomic E-state index is -1.97. The van der Waals surface area contributed by atoms with E-state index in [1.165, 1.54) is 20.3 Å². The van der Waals surface area contributed by atoms with Gasteiger partial charge in [0.15, 0.2) is 11.1 Å². The molecule has 1 aliphatic carbocycles. The lowest BCUT2D eigenvalue weighted by atomic mass is 9.85. The molecule has 0 amide bonds. The second-order valence-corrected chi connectivity index (χ2v) is 8.36. The van der Waals surface area contributed by atoms with Crippen molar-refractivity contribution in [2.24, 2.45) is 0 Å². The number of halogens is 2. The maximum Gasteiger partial charge on any atom is 0.186 e. The fourth-order valence-electron chi connectivity index (χ4n) is 3.08. The predicted octanol–water partition coefficient (Wildman–Crippen LogP) is 5.55. The van der Waals surface area contributed by atoms with Crippen LogP contribution in [0.4, 0.5) is 0 Å². The lowest BCUT2D eigenvalue weighted by Crippen LogP contribution is -2.06. The highest BCUT2D eigenvalue weighted by Crippen LogP contribution is 2.39. The van der Waals surface area contributed by atoms with Crippen molar-refractivity contribution in [1.82, 2.24) is 0 Å². The van der Waals surface area contributed by atoms with Gasteiger partial charge in [-0.1, -0.05) is 35.4 Å². The van der Waals surface area contributed by atoms with Crippen molar-refractivity contribution in [3.63, 3.8) is 0 Å². The van der Waals surface area contributed by atoms with Crippen LogP contribution in [0, 0.1) is 3.57 Å². The first kappa shape index (κ1) is 17.1. The van der Waals surface area contributed by atoms with Crippen LogP contribution in [0.3, 0.4) is 0 Å². The van der Waals surface area contributed by atoms with Crippen molar-refractivity contribution in [1.29, 1.82) is 0 Å². The summed E-state index contributed by atoms with van der Waals surface area (Å²) >= 11 is 6.67. The van der Waals surface area contributed by atoms with E-state index in [1.54, 1.807) is 6.07 Å². The van der Waals surface area contributed by atoms with Crippen molar-refractivity contribution in [2.45, 2.75) is 30.6 Å². The van der Waals surface area contributed by atoms with Crippen LogP contribution in [0.1, 0.15) is 36.0 Å². The number of hydrogen-bond donors (Lipinski definition) is 1. The number of allylic oxidation sites excluding steroid dienone is 2. The van der Waals surface area contributed by atoms with E-state index in [0.29, 0.717) is 4.90 Å². The first-order valence-electron chi connectivity index (χ1n) is 7.30. The van der Waals surface area contributed by atoms with Gasteiger partial charge in [-0.25, -0.2) is 4.21 Å². The largest absolute Gasteiger partial charge is 0.302 e. The van der Waals surface area contributed by atoms with Crippen LogP contribution in [0.5, 0.6) is 0 Å². The fraction of sp³-hybridized carbons (Fsp3) is 0.222. The summed E-state index contributed by atoms with van der Waals surface area (Å²) < 4.78 is 21.9. The Balaban J connectivity index is 2.17. The van der Waals surface area contributed by atoms with Gasteiger partial charge in [-0.05, 0) is 83.3 Å². The van der Waals surface area contributed by atoms with Gasteiger partial charge in [0.25, 0.3) is 0 Å². The predicted molar refractivity (Wildman–Crippen MR) is 104 cm³/mol. The topological polar surface area (TPSA) is 37.3 Å². The average molecular weight is 459 g/mol. The molecule has 0 fully saturated rings. The number of fused-ring (bicyclic) bond motifs is 1. The summed E-state index contributed by atoms with van der Waals surface area (Å²) in [6.45, 7) is 2.14. The van der Waals surface area contributed by atoms with Crippen LogP contribution in [-0.2, 0) is 17.5 Å². The van der Waals surface area contributed by atoms with Crippen molar-refractivity contribution in [2.75, 3.05) is 0 Å². The normalized spacial score (nSPS) is 18.8. The van der Waals surface area contributed by atoms with Gasteiger partial charge in [0.2, 0.25) is 0 Å². The lowest BCUT2D eigenvalue weighted by Gasteiger charge is -2.21. The van der Waals surface area contributed by atoms with Gasteiger partial charge in [-0.2, -0.15) is 0 Å². The Morgan fingerprint density at radius 3 is 2.83 bits per heavy atom. The van der Waals surface area contributed by atoms with Gasteiger partial charge >= 0.3 is 0 Å². The van der Waals surface area contributed by atoms with E-state index in [0.717, 1.165) is 23.4 Å². The number of rotatable bonds is 2.